The average molecular weight is 452 g/mol. The number of hydrogen-bond donors (Lipinski definition) is 0. The highest BCUT2D eigenvalue weighted by Crippen LogP contribution is 2.38. The van der Waals surface area contributed by atoms with Gasteiger partial charge < -0.3 is 4.74 Å². The van der Waals surface area contributed by atoms with E-state index in [0.29, 0.717) is 59.3 Å². The first-order chi connectivity index (χ1) is 15.7. The summed E-state index contributed by atoms with van der Waals surface area (Å²) in [7, 11) is 0. The van der Waals surface area contributed by atoms with Gasteiger partial charge >= 0.3 is 0 Å². The summed E-state index contributed by atoms with van der Waals surface area (Å²) < 4.78 is 20.5. The molecular weight excluding hydrogens is 433 g/mol. The van der Waals surface area contributed by atoms with Crippen LogP contribution in [-0.4, -0.2) is 57.5 Å². The molecule has 0 amide bonds. The van der Waals surface area contributed by atoms with E-state index in [2.05, 4.69) is 10.2 Å². The summed E-state index contributed by atoms with van der Waals surface area (Å²) in [5.41, 5.74) is 2.88. The van der Waals surface area contributed by atoms with E-state index in [4.69, 9.17) is 21.4 Å². The number of fused-ring (bicyclic) bond motifs is 1. The Bertz CT molecular complexity index is 1260. The molecule has 9 heteroatoms. The monoisotopic (exact) mass is 451 g/mol. The zero-order chi connectivity index (χ0) is 22.1. The molecule has 32 heavy (non-hydrogen) atoms. The first kappa shape index (κ1) is 20.7. The third-order valence-corrected chi connectivity index (χ3v) is 5.88. The van der Waals surface area contributed by atoms with E-state index >= 15 is 0 Å². The van der Waals surface area contributed by atoms with Crippen LogP contribution < -0.4 is 0 Å². The third-order valence-electron chi connectivity index (χ3n) is 5.51. The molecule has 0 bridgehead atoms. The molecule has 0 spiro atoms. The lowest BCUT2D eigenvalue weighted by molar-refractivity contribution is -0.118. The maximum atomic E-state index is 13.6. The van der Waals surface area contributed by atoms with Gasteiger partial charge in [0.05, 0.1) is 23.6 Å². The molecule has 0 radical (unpaired) electrons. The van der Waals surface area contributed by atoms with Crippen LogP contribution in [-0.2, 0) is 9.53 Å². The number of carbonyl (C=O) groups is 1. The standard InChI is InChI=1S/C23H19ClFN5O2/c24-20-19-21(16-6-8-17(25)9-7-16)28-30(18(14-31)29-10-12-32-13-11-29)23(19)27-26-22(20)15-4-2-1-3-5-15/h1-9,14,18H,10-13H2. The van der Waals surface area contributed by atoms with Gasteiger partial charge in [0.2, 0.25) is 0 Å². The van der Waals surface area contributed by atoms with Gasteiger partial charge in [-0.25, -0.2) is 9.07 Å². The van der Waals surface area contributed by atoms with Gasteiger partial charge in [-0.05, 0) is 24.3 Å². The van der Waals surface area contributed by atoms with Crippen LogP contribution in [0.4, 0.5) is 4.39 Å². The minimum atomic E-state index is -0.691. The van der Waals surface area contributed by atoms with Gasteiger partial charge in [0, 0.05) is 24.2 Å². The molecule has 3 heterocycles. The first-order valence-electron chi connectivity index (χ1n) is 10.2. The van der Waals surface area contributed by atoms with Crippen molar-refractivity contribution in [3.63, 3.8) is 0 Å². The number of nitrogens with zero attached hydrogens (tertiary/aromatic N) is 5. The molecule has 1 atom stereocenters. The Morgan fingerprint density at radius 3 is 2.34 bits per heavy atom. The summed E-state index contributed by atoms with van der Waals surface area (Å²) in [6.07, 6.45) is 0.135. The molecule has 1 unspecified atom stereocenters. The van der Waals surface area contributed by atoms with Crippen LogP contribution in [0, 0.1) is 5.82 Å². The van der Waals surface area contributed by atoms with E-state index in [1.54, 1.807) is 16.8 Å². The molecule has 0 N–H and O–H groups in total. The minimum Gasteiger partial charge on any atom is -0.379 e. The van der Waals surface area contributed by atoms with Gasteiger partial charge in [-0.3, -0.25) is 9.69 Å². The molecule has 2 aromatic heterocycles. The molecule has 1 aliphatic rings. The van der Waals surface area contributed by atoms with Crippen LogP contribution in [0.15, 0.2) is 54.6 Å². The number of morpholine rings is 1. The van der Waals surface area contributed by atoms with Crippen molar-refractivity contribution in [1.29, 1.82) is 0 Å². The molecule has 0 aliphatic carbocycles. The van der Waals surface area contributed by atoms with Crippen LogP contribution in [0.2, 0.25) is 5.02 Å². The van der Waals surface area contributed by atoms with Crippen LogP contribution in [0.25, 0.3) is 33.5 Å². The normalized spacial score (nSPS) is 15.7. The van der Waals surface area contributed by atoms with Crippen molar-refractivity contribution in [1.82, 2.24) is 24.9 Å². The Balaban J connectivity index is 1.74. The number of carbonyl (C=O) groups excluding carboxylic acids is 1. The molecular formula is C23H19ClFN5O2. The molecule has 1 aliphatic heterocycles. The minimum absolute atomic E-state index is 0.354. The van der Waals surface area contributed by atoms with Gasteiger partial charge in [-0.1, -0.05) is 41.9 Å². The van der Waals surface area contributed by atoms with E-state index in [9.17, 15) is 9.18 Å². The van der Waals surface area contributed by atoms with E-state index in [-0.39, 0.29) is 5.82 Å². The average Bonchev–Trinajstić information content (AvgIpc) is 3.22. The van der Waals surface area contributed by atoms with Crippen molar-refractivity contribution in [2.24, 2.45) is 0 Å². The Kier molecular flexibility index (Phi) is 5.65. The summed E-state index contributed by atoms with van der Waals surface area (Å²) in [6, 6.07) is 15.5. The van der Waals surface area contributed by atoms with Crippen molar-refractivity contribution in [2.45, 2.75) is 6.17 Å². The van der Waals surface area contributed by atoms with E-state index in [0.717, 1.165) is 11.8 Å². The molecule has 4 aromatic rings. The summed E-state index contributed by atoms with van der Waals surface area (Å²) in [4.78, 5) is 14.1. The van der Waals surface area contributed by atoms with Crippen LogP contribution >= 0.6 is 11.6 Å². The van der Waals surface area contributed by atoms with Crippen molar-refractivity contribution >= 4 is 28.9 Å². The van der Waals surface area contributed by atoms with Crippen LogP contribution in [0.3, 0.4) is 0 Å². The van der Waals surface area contributed by atoms with Gasteiger partial charge in [0.15, 0.2) is 18.1 Å². The number of ether oxygens (including phenoxy) is 1. The van der Waals surface area contributed by atoms with E-state index in [1.165, 1.54) is 12.1 Å². The van der Waals surface area contributed by atoms with Crippen molar-refractivity contribution in [3.05, 3.63) is 65.4 Å². The van der Waals surface area contributed by atoms with Gasteiger partial charge in [0.1, 0.15) is 17.2 Å². The third kappa shape index (κ3) is 3.66. The number of benzene rings is 2. The lowest BCUT2D eigenvalue weighted by atomic mass is 10.1. The summed E-state index contributed by atoms with van der Waals surface area (Å²) in [5, 5.41) is 14.4. The zero-order valence-electron chi connectivity index (χ0n) is 17.0. The molecule has 0 saturated carbocycles. The predicted octanol–water partition coefficient (Wildman–Crippen LogP) is 3.98. The van der Waals surface area contributed by atoms with Crippen LogP contribution in [0.1, 0.15) is 6.17 Å². The Morgan fingerprint density at radius 2 is 1.66 bits per heavy atom. The van der Waals surface area contributed by atoms with E-state index in [1.807, 2.05) is 35.2 Å². The fourth-order valence-corrected chi connectivity index (χ4v) is 4.22. The van der Waals surface area contributed by atoms with Gasteiger partial charge in [-0.15, -0.1) is 10.2 Å². The van der Waals surface area contributed by atoms with E-state index < -0.39 is 6.17 Å². The molecule has 1 fully saturated rings. The maximum Gasteiger partial charge on any atom is 0.184 e. The quantitative estimate of drug-likeness (QED) is 0.427. The lowest BCUT2D eigenvalue weighted by Crippen LogP contribution is -2.42. The Morgan fingerprint density at radius 1 is 0.969 bits per heavy atom. The van der Waals surface area contributed by atoms with Crippen molar-refractivity contribution in [3.8, 4) is 22.5 Å². The highest BCUT2D eigenvalue weighted by molar-refractivity contribution is 6.38. The fraction of sp³-hybridized carbons (Fsp3) is 0.217. The molecule has 2 aromatic carbocycles. The fourth-order valence-electron chi connectivity index (χ4n) is 3.90. The number of aromatic nitrogens is 4. The SMILES string of the molecule is O=CC(N1CCOCC1)n1nc(-c2ccc(F)cc2)c2c(Cl)c(-c3ccccc3)nnc21. The molecule has 162 valence electrons. The highest BCUT2D eigenvalue weighted by Gasteiger charge is 2.28. The Hall–Kier alpha value is -3.20. The number of aldehydes is 1. The predicted molar refractivity (Wildman–Crippen MR) is 119 cm³/mol. The number of rotatable bonds is 5. The maximum absolute atomic E-state index is 13.6. The smallest absolute Gasteiger partial charge is 0.184 e. The largest absolute Gasteiger partial charge is 0.379 e. The highest BCUT2D eigenvalue weighted by atomic mass is 35.5. The topological polar surface area (TPSA) is 73.1 Å². The zero-order valence-corrected chi connectivity index (χ0v) is 17.7. The second kappa shape index (κ2) is 8.74. The van der Waals surface area contributed by atoms with Gasteiger partial charge in [0.25, 0.3) is 0 Å². The summed E-state index contributed by atoms with van der Waals surface area (Å²) in [5.74, 6) is -0.354. The van der Waals surface area contributed by atoms with Crippen LogP contribution in [0.5, 0.6) is 0 Å². The summed E-state index contributed by atoms with van der Waals surface area (Å²) >= 11 is 6.86. The van der Waals surface area contributed by atoms with Crippen molar-refractivity contribution < 1.29 is 13.9 Å². The Labute approximate surface area is 188 Å². The molecule has 7 nitrogen and oxygen atoms in total. The second-order valence-electron chi connectivity index (χ2n) is 7.43. The summed E-state index contributed by atoms with van der Waals surface area (Å²) in [6.45, 7) is 2.22. The first-order valence-corrected chi connectivity index (χ1v) is 10.6. The molecule has 5 rings (SSSR count). The number of halogens is 2. The van der Waals surface area contributed by atoms with Gasteiger partial charge in [-0.2, -0.15) is 5.10 Å². The van der Waals surface area contributed by atoms with Crippen molar-refractivity contribution in [2.75, 3.05) is 26.3 Å². The lowest BCUT2D eigenvalue weighted by Gasteiger charge is -2.31. The second-order valence-corrected chi connectivity index (χ2v) is 7.80. The molecule has 1 saturated heterocycles. The number of hydrogen-bond acceptors (Lipinski definition) is 6.